The maximum atomic E-state index is 2.49. The molecule has 0 spiro atoms. The normalized spacial score (nSPS) is 12.4. The van der Waals surface area contributed by atoms with Gasteiger partial charge in [-0.25, -0.2) is 0 Å². The lowest BCUT2D eigenvalue weighted by atomic mass is 10.2. The van der Waals surface area contributed by atoms with E-state index in [9.17, 15) is 0 Å². The van der Waals surface area contributed by atoms with Crippen molar-refractivity contribution in [3.63, 3.8) is 0 Å². The molecule has 0 aliphatic carbocycles. The van der Waals surface area contributed by atoms with Crippen LogP contribution in [0.5, 0.6) is 0 Å². The summed E-state index contributed by atoms with van der Waals surface area (Å²) in [6, 6.07) is 1.52. The van der Waals surface area contributed by atoms with Crippen molar-refractivity contribution < 1.29 is 4.90 Å². The Labute approximate surface area is 111 Å². The first-order chi connectivity index (χ1) is 7.99. The Hall–Kier alpha value is 0.177. The molecule has 0 fully saturated rings. The topological polar surface area (TPSA) is 4.44 Å². The molecule has 0 rings (SSSR count). The summed E-state index contributed by atoms with van der Waals surface area (Å²) in [7, 11) is -0.789. The standard InChI is InChI=1S/C15H35NSi/c1-6-8-12-16(13-9-7-2)14-10-11-15-17(3,4)5/h6-15H2,1-5H3/p+1. The third kappa shape index (κ3) is 12.4. The molecule has 0 saturated heterocycles. The third-order valence-corrected chi connectivity index (χ3v) is 5.33. The van der Waals surface area contributed by atoms with Crippen LogP contribution in [-0.4, -0.2) is 27.7 Å². The molecule has 1 N–H and O–H groups in total. The summed E-state index contributed by atoms with van der Waals surface area (Å²) < 4.78 is 0. The van der Waals surface area contributed by atoms with E-state index in [1.165, 1.54) is 64.2 Å². The molecular weight excluding hydrogens is 222 g/mol. The maximum Gasteiger partial charge on any atom is 0.0770 e. The van der Waals surface area contributed by atoms with Crippen LogP contribution in [0.4, 0.5) is 0 Å². The molecule has 0 heterocycles. The van der Waals surface area contributed by atoms with Gasteiger partial charge in [-0.05, 0) is 19.3 Å². The van der Waals surface area contributed by atoms with Crippen molar-refractivity contribution in [2.24, 2.45) is 0 Å². The molecular formula is C15H36NSi+. The van der Waals surface area contributed by atoms with Crippen LogP contribution in [0.2, 0.25) is 25.7 Å². The van der Waals surface area contributed by atoms with Gasteiger partial charge in [-0.2, -0.15) is 0 Å². The van der Waals surface area contributed by atoms with Crippen LogP contribution in [0.3, 0.4) is 0 Å². The first-order valence-corrected chi connectivity index (χ1v) is 11.5. The number of rotatable bonds is 11. The Morgan fingerprint density at radius 3 is 1.59 bits per heavy atom. The minimum absolute atomic E-state index is 0.789. The second-order valence-corrected chi connectivity index (χ2v) is 12.3. The van der Waals surface area contributed by atoms with Crippen LogP contribution in [-0.2, 0) is 0 Å². The Morgan fingerprint density at radius 1 is 0.706 bits per heavy atom. The predicted octanol–water partition coefficient (Wildman–Crippen LogP) is 3.59. The zero-order valence-electron chi connectivity index (χ0n) is 13.1. The molecule has 17 heavy (non-hydrogen) atoms. The minimum Gasteiger partial charge on any atom is -0.335 e. The first-order valence-electron chi connectivity index (χ1n) is 7.83. The molecule has 0 aliphatic rings. The summed E-state index contributed by atoms with van der Waals surface area (Å²) in [6.45, 7) is 16.3. The van der Waals surface area contributed by atoms with Gasteiger partial charge in [0, 0.05) is 8.07 Å². The maximum absolute atomic E-state index is 2.49. The lowest BCUT2D eigenvalue weighted by Gasteiger charge is -2.20. The Morgan fingerprint density at radius 2 is 1.18 bits per heavy atom. The fourth-order valence-corrected chi connectivity index (χ4v) is 3.57. The van der Waals surface area contributed by atoms with Crippen molar-refractivity contribution in [3.8, 4) is 0 Å². The summed E-state index contributed by atoms with van der Waals surface area (Å²) in [5, 5.41) is 0. The van der Waals surface area contributed by atoms with Crippen molar-refractivity contribution in [2.45, 2.75) is 78.1 Å². The molecule has 104 valence electrons. The largest absolute Gasteiger partial charge is 0.335 e. The summed E-state index contributed by atoms with van der Waals surface area (Å²) in [5.74, 6) is 0. The highest BCUT2D eigenvalue weighted by molar-refractivity contribution is 6.76. The average Bonchev–Trinajstić information content (AvgIpc) is 2.25. The number of quaternary nitrogens is 1. The molecule has 0 aliphatic heterocycles. The predicted molar refractivity (Wildman–Crippen MR) is 82.8 cm³/mol. The molecule has 1 nitrogen and oxygen atoms in total. The second kappa shape index (κ2) is 10.1. The Kier molecular flexibility index (Phi) is 10.2. The van der Waals surface area contributed by atoms with E-state index in [4.69, 9.17) is 0 Å². The molecule has 0 atom stereocenters. The van der Waals surface area contributed by atoms with Crippen molar-refractivity contribution in [3.05, 3.63) is 0 Å². The van der Waals surface area contributed by atoms with E-state index in [0.717, 1.165) is 0 Å². The van der Waals surface area contributed by atoms with E-state index in [1.807, 2.05) is 4.90 Å². The van der Waals surface area contributed by atoms with Gasteiger partial charge in [0.25, 0.3) is 0 Å². The molecule has 0 amide bonds. The molecule has 0 saturated carbocycles. The van der Waals surface area contributed by atoms with E-state index in [-0.39, 0.29) is 0 Å². The SMILES string of the molecule is CCCC[NH+](CCCC)CCCC[Si](C)(C)C. The van der Waals surface area contributed by atoms with Crippen LogP contribution >= 0.6 is 0 Å². The van der Waals surface area contributed by atoms with E-state index in [0.29, 0.717) is 0 Å². The molecule has 0 aromatic heterocycles. The molecule has 2 heteroatoms. The first kappa shape index (κ1) is 17.2. The molecule has 0 radical (unpaired) electrons. The van der Waals surface area contributed by atoms with Gasteiger partial charge in [-0.15, -0.1) is 0 Å². The minimum atomic E-state index is -0.789. The highest BCUT2D eigenvalue weighted by atomic mass is 28.3. The summed E-state index contributed by atoms with van der Waals surface area (Å²) in [4.78, 5) is 1.87. The van der Waals surface area contributed by atoms with Gasteiger partial charge in [0.1, 0.15) is 0 Å². The van der Waals surface area contributed by atoms with Gasteiger partial charge in [0.05, 0.1) is 19.6 Å². The Balaban J connectivity index is 3.66. The zero-order chi connectivity index (χ0) is 13.1. The Bertz CT molecular complexity index is 155. The monoisotopic (exact) mass is 258 g/mol. The molecule has 0 bridgehead atoms. The lowest BCUT2D eigenvalue weighted by Crippen LogP contribution is -3.12. The smallest absolute Gasteiger partial charge is 0.0770 e. The number of unbranched alkanes of at least 4 members (excludes halogenated alkanes) is 3. The van der Waals surface area contributed by atoms with Gasteiger partial charge >= 0.3 is 0 Å². The third-order valence-electron chi connectivity index (χ3n) is 3.47. The van der Waals surface area contributed by atoms with Crippen LogP contribution in [0.25, 0.3) is 0 Å². The fraction of sp³-hybridized carbons (Fsp3) is 1.00. The summed E-state index contributed by atoms with van der Waals surface area (Å²) in [6.07, 6.45) is 8.44. The van der Waals surface area contributed by atoms with Gasteiger partial charge in [-0.3, -0.25) is 0 Å². The zero-order valence-corrected chi connectivity index (χ0v) is 14.1. The number of hydrogen-bond acceptors (Lipinski definition) is 0. The highest BCUT2D eigenvalue weighted by Gasteiger charge is 2.13. The average molecular weight is 259 g/mol. The highest BCUT2D eigenvalue weighted by Crippen LogP contribution is 2.11. The molecule has 0 aromatic carbocycles. The van der Waals surface area contributed by atoms with Crippen molar-refractivity contribution >= 4 is 8.07 Å². The second-order valence-electron chi connectivity index (χ2n) is 6.72. The van der Waals surface area contributed by atoms with Crippen LogP contribution in [0, 0.1) is 0 Å². The van der Waals surface area contributed by atoms with Gasteiger partial charge in [-0.1, -0.05) is 58.8 Å². The number of nitrogens with one attached hydrogen (secondary N) is 1. The van der Waals surface area contributed by atoms with Gasteiger partial charge in [0.2, 0.25) is 0 Å². The summed E-state index contributed by atoms with van der Waals surface area (Å²) >= 11 is 0. The van der Waals surface area contributed by atoms with E-state index < -0.39 is 8.07 Å². The van der Waals surface area contributed by atoms with E-state index in [2.05, 4.69) is 33.5 Å². The molecule has 0 aromatic rings. The van der Waals surface area contributed by atoms with Crippen molar-refractivity contribution in [1.82, 2.24) is 0 Å². The van der Waals surface area contributed by atoms with E-state index >= 15 is 0 Å². The van der Waals surface area contributed by atoms with Gasteiger partial charge in [0.15, 0.2) is 0 Å². The lowest BCUT2D eigenvalue weighted by molar-refractivity contribution is -0.900. The molecule has 0 unspecified atom stereocenters. The van der Waals surface area contributed by atoms with Crippen molar-refractivity contribution in [2.75, 3.05) is 19.6 Å². The quantitative estimate of drug-likeness (QED) is 0.427. The van der Waals surface area contributed by atoms with Crippen LogP contribution < -0.4 is 4.90 Å². The van der Waals surface area contributed by atoms with Gasteiger partial charge < -0.3 is 4.90 Å². The summed E-state index contributed by atoms with van der Waals surface area (Å²) in [5.41, 5.74) is 0. The van der Waals surface area contributed by atoms with Crippen LogP contribution in [0.1, 0.15) is 52.4 Å². The van der Waals surface area contributed by atoms with E-state index in [1.54, 1.807) is 0 Å². The van der Waals surface area contributed by atoms with Crippen LogP contribution in [0.15, 0.2) is 0 Å². The fourth-order valence-electron chi connectivity index (χ4n) is 2.26. The number of hydrogen-bond donors (Lipinski definition) is 1. The van der Waals surface area contributed by atoms with Crippen molar-refractivity contribution in [1.29, 1.82) is 0 Å².